The van der Waals surface area contributed by atoms with Crippen LogP contribution in [-0.2, 0) is 11.2 Å². The van der Waals surface area contributed by atoms with Crippen LogP contribution in [0.1, 0.15) is 16.1 Å². The molecule has 102 valence electrons. The maximum absolute atomic E-state index is 12.2. The summed E-state index contributed by atoms with van der Waals surface area (Å²) in [6.45, 7) is 0. The monoisotopic (exact) mass is 333 g/mol. The van der Waals surface area contributed by atoms with Crippen LogP contribution in [0.25, 0.3) is 0 Å². The van der Waals surface area contributed by atoms with Crippen LogP contribution in [0.5, 0.6) is 0 Å². The van der Waals surface area contributed by atoms with Crippen molar-refractivity contribution in [2.45, 2.75) is 6.42 Å². The summed E-state index contributed by atoms with van der Waals surface area (Å²) in [7, 11) is 0. The molecule has 5 nitrogen and oxygen atoms in total. The van der Waals surface area contributed by atoms with Crippen molar-refractivity contribution < 1.29 is 9.59 Å². The Balaban J connectivity index is 2.24. The number of hydrogen-bond acceptors (Lipinski definition) is 3. The van der Waals surface area contributed by atoms with E-state index in [2.05, 4.69) is 26.2 Å². The van der Waals surface area contributed by atoms with E-state index in [1.807, 2.05) is 0 Å². The maximum atomic E-state index is 12.2. The number of nitrogens with one attached hydrogen (secondary N) is 1. The largest absolute Gasteiger partial charge is 0.369 e. The van der Waals surface area contributed by atoms with E-state index in [1.54, 1.807) is 36.4 Å². The first-order chi connectivity index (χ1) is 9.58. The van der Waals surface area contributed by atoms with E-state index in [9.17, 15) is 9.59 Å². The third-order valence-corrected chi connectivity index (χ3v) is 3.24. The number of nitrogens with zero attached hydrogens (tertiary/aromatic N) is 1. The van der Waals surface area contributed by atoms with Gasteiger partial charge in [0, 0.05) is 16.4 Å². The Kier molecular flexibility index (Phi) is 4.47. The summed E-state index contributed by atoms with van der Waals surface area (Å²) >= 11 is 3.27. The van der Waals surface area contributed by atoms with Crippen molar-refractivity contribution in [2.75, 3.05) is 5.32 Å². The van der Waals surface area contributed by atoms with Crippen LogP contribution >= 0.6 is 15.9 Å². The molecule has 1 heterocycles. The van der Waals surface area contributed by atoms with Gasteiger partial charge in [0.2, 0.25) is 5.91 Å². The van der Waals surface area contributed by atoms with Crippen molar-refractivity contribution in [1.82, 2.24) is 4.98 Å². The first kappa shape index (κ1) is 14.2. The molecule has 0 fully saturated rings. The van der Waals surface area contributed by atoms with E-state index < -0.39 is 5.91 Å². The molecule has 0 atom stereocenters. The summed E-state index contributed by atoms with van der Waals surface area (Å²) in [4.78, 5) is 27.2. The lowest BCUT2D eigenvalue weighted by Crippen LogP contribution is -2.18. The summed E-state index contributed by atoms with van der Waals surface area (Å²) in [6, 6.07) is 10.5. The van der Waals surface area contributed by atoms with Crippen molar-refractivity contribution in [3.05, 3.63) is 58.3 Å². The summed E-state index contributed by atoms with van der Waals surface area (Å²) in [5.74, 6) is -0.805. The van der Waals surface area contributed by atoms with Crippen LogP contribution in [0.2, 0.25) is 0 Å². The number of aromatic nitrogens is 1. The third-order valence-electron chi connectivity index (χ3n) is 2.60. The molecular formula is C14H12BrN3O2. The Morgan fingerprint density at radius 3 is 2.65 bits per heavy atom. The number of benzene rings is 1. The highest BCUT2D eigenvalue weighted by atomic mass is 79.9. The lowest BCUT2D eigenvalue weighted by atomic mass is 10.1. The molecule has 0 bridgehead atoms. The number of halogens is 1. The maximum Gasteiger partial charge on any atom is 0.275 e. The van der Waals surface area contributed by atoms with Gasteiger partial charge in [-0.1, -0.05) is 18.2 Å². The van der Waals surface area contributed by atoms with Crippen molar-refractivity contribution >= 4 is 33.4 Å². The quantitative estimate of drug-likeness (QED) is 0.898. The van der Waals surface area contributed by atoms with Gasteiger partial charge in [-0.3, -0.25) is 9.59 Å². The molecule has 2 amide bonds. The summed E-state index contributed by atoms with van der Waals surface area (Å²) < 4.78 is 0.602. The number of pyridine rings is 1. The van der Waals surface area contributed by atoms with Gasteiger partial charge in [-0.25, -0.2) is 4.98 Å². The van der Waals surface area contributed by atoms with E-state index in [1.165, 1.54) is 6.20 Å². The van der Waals surface area contributed by atoms with Gasteiger partial charge in [0.05, 0.1) is 6.42 Å². The molecule has 1 aromatic heterocycles. The third kappa shape index (κ3) is 3.42. The van der Waals surface area contributed by atoms with Crippen LogP contribution in [0.15, 0.2) is 47.1 Å². The molecule has 0 unspecified atom stereocenters. The van der Waals surface area contributed by atoms with Gasteiger partial charge in [0.15, 0.2) is 0 Å². The number of rotatable bonds is 4. The molecule has 0 saturated carbocycles. The molecule has 6 heteroatoms. The SMILES string of the molecule is NC(=O)Cc1ccccc1NC(=O)c1ncccc1Br. The molecule has 0 aliphatic heterocycles. The van der Waals surface area contributed by atoms with Crippen LogP contribution in [0, 0.1) is 0 Å². The lowest BCUT2D eigenvalue weighted by Gasteiger charge is -2.10. The zero-order chi connectivity index (χ0) is 14.5. The number of primary amides is 1. The van der Waals surface area contributed by atoms with E-state index in [0.29, 0.717) is 15.7 Å². The highest BCUT2D eigenvalue weighted by Gasteiger charge is 2.13. The van der Waals surface area contributed by atoms with Crippen molar-refractivity contribution in [1.29, 1.82) is 0 Å². The van der Waals surface area contributed by atoms with Gasteiger partial charge in [-0.15, -0.1) is 0 Å². The predicted molar refractivity (Wildman–Crippen MR) is 79.2 cm³/mol. The standard InChI is InChI=1S/C14H12BrN3O2/c15-10-5-3-7-17-13(10)14(20)18-11-6-2-1-4-9(11)8-12(16)19/h1-7H,8H2,(H2,16,19)(H,18,20). The number of para-hydroxylation sites is 1. The van der Waals surface area contributed by atoms with Crippen molar-refractivity contribution in [3.8, 4) is 0 Å². The summed E-state index contributed by atoms with van der Waals surface area (Å²) in [6.07, 6.45) is 1.61. The zero-order valence-electron chi connectivity index (χ0n) is 10.5. The molecule has 3 N–H and O–H groups in total. The minimum Gasteiger partial charge on any atom is -0.369 e. The lowest BCUT2D eigenvalue weighted by molar-refractivity contribution is -0.117. The number of amides is 2. The van der Waals surface area contributed by atoms with Gasteiger partial charge in [-0.2, -0.15) is 0 Å². The number of carbonyl (C=O) groups excluding carboxylic acids is 2. The number of nitrogens with two attached hydrogens (primary N) is 1. The molecule has 1 aromatic carbocycles. The molecule has 0 spiro atoms. The van der Waals surface area contributed by atoms with E-state index in [0.717, 1.165) is 0 Å². The normalized spacial score (nSPS) is 10.1. The average Bonchev–Trinajstić information content (AvgIpc) is 2.41. The Labute approximate surface area is 124 Å². The van der Waals surface area contributed by atoms with Gasteiger partial charge in [-0.05, 0) is 39.7 Å². The minimum absolute atomic E-state index is 0.0693. The van der Waals surface area contributed by atoms with Gasteiger partial charge >= 0.3 is 0 Å². The Morgan fingerprint density at radius 2 is 1.95 bits per heavy atom. The molecular weight excluding hydrogens is 322 g/mol. The second-order valence-corrected chi connectivity index (χ2v) is 4.94. The predicted octanol–water partition coefficient (Wildman–Crippen LogP) is 2.12. The first-order valence-electron chi connectivity index (χ1n) is 5.86. The highest BCUT2D eigenvalue weighted by Crippen LogP contribution is 2.19. The van der Waals surface area contributed by atoms with Crippen molar-refractivity contribution in [2.24, 2.45) is 5.73 Å². The Bertz CT molecular complexity index is 658. The average molecular weight is 334 g/mol. The van der Waals surface area contributed by atoms with Crippen LogP contribution in [0.4, 0.5) is 5.69 Å². The molecule has 0 saturated heterocycles. The van der Waals surface area contributed by atoms with Crippen molar-refractivity contribution in [3.63, 3.8) is 0 Å². The minimum atomic E-state index is -0.453. The van der Waals surface area contributed by atoms with E-state index in [4.69, 9.17) is 5.73 Å². The zero-order valence-corrected chi connectivity index (χ0v) is 12.1. The van der Waals surface area contributed by atoms with Crippen LogP contribution in [-0.4, -0.2) is 16.8 Å². The Morgan fingerprint density at radius 1 is 1.20 bits per heavy atom. The summed E-state index contributed by atoms with van der Waals surface area (Å²) in [5, 5.41) is 2.73. The van der Waals surface area contributed by atoms with Crippen LogP contribution in [0.3, 0.4) is 0 Å². The van der Waals surface area contributed by atoms with Gasteiger partial charge in [0.25, 0.3) is 5.91 Å². The van der Waals surface area contributed by atoms with Gasteiger partial charge < -0.3 is 11.1 Å². The van der Waals surface area contributed by atoms with E-state index >= 15 is 0 Å². The fraction of sp³-hybridized carbons (Fsp3) is 0.0714. The summed E-state index contributed by atoms with van der Waals surface area (Å²) in [5.41, 5.74) is 6.68. The first-order valence-corrected chi connectivity index (χ1v) is 6.65. The number of hydrogen-bond donors (Lipinski definition) is 2. The molecule has 2 rings (SSSR count). The second kappa shape index (κ2) is 6.29. The number of anilines is 1. The van der Waals surface area contributed by atoms with Crippen LogP contribution < -0.4 is 11.1 Å². The Hall–Kier alpha value is -2.21. The fourth-order valence-corrected chi connectivity index (χ4v) is 2.15. The fourth-order valence-electron chi connectivity index (χ4n) is 1.72. The molecule has 0 aliphatic rings. The number of carbonyl (C=O) groups is 2. The molecule has 2 aromatic rings. The topological polar surface area (TPSA) is 85.1 Å². The molecule has 20 heavy (non-hydrogen) atoms. The molecule has 0 radical (unpaired) electrons. The smallest absolute Gasteiger partial charge is 0.275 e. The van der Waals surface area contributed by atoms with Gasteiger partial charge in [0.1, 0.15) is 5.69 Å². The highest BCUT2D eigenvalue weighted by molar-refractivity contribution is 9.10. The van der Waals surface area contributed by atoms with E-state index in [-0.39, 0.29) is 18.0 Å². The molecule has 0 aliphatic carbocycles. The second-order valence-electron chi connectivity index (χ2n) is 4.09.